The summed E-state index contributed by atoms with van der Waals surface area (Å²) in [6.07, 6.45) is 2.01. The SMILES string of the molecule is CCc1nc(N2CCC(C)C(OC)C2)cc(=O)[nH]1. The zero-order chi connectivity index (χ0) is 13.1. The van der Waals surface area contributed by atoms with Crippen molar-refractivity contribution >= 4 is 5.82 Å². The Balaban J connectivity index is 2.21. The molecule has 5 nitrogen and oxygen atoms in total. The Morgan fingerprint density at radius 2 is 2.39 bits per heavy atom. The number of hydrogen-bond acceptors (Lipinski definition) is 4. The third-order valence-corrected chi connectivity index (χ3v) is 3.63. The average Bonchev–Trinajstić information content (AvgIpc) is 2.38. The lowest BCUT2D eigenvalue weighted by Crippen LogP contribution is -2.44. The van der Waals surface area contributed by atoms with Crippen LogP contribution in [0, 0.1) is 5.92 Å². The van der Waals surface area contributed by atoms with Crippen LogP contribution in [0.25, 0.3) is 0 Å². The number of ether oxygens (including phenoxy) is 1. The average molecular weight is 251 g/mol. The number of aryl methyl sites for hydroxylation is 1. The van der Waals surface area contributed by atoms with Crippen LogP contribution < -0.4 is 10.5 Å². The van der Waals surface area contributed by atoms with Gasteiger partial charge in [-0.1, -0.05) is 13.8 Å². The zero-order valence-electron chi connectivity index (χ0n) is 11.3. The molecule has 5 heteroatoms. The van der Waals surface area contributed by atoms with Crippen LogP contribution in [0.15, 0.2) is 10.9 Å². The summed E-state index contributed by atoms with van der Waals surface area (Å²) in [6.45, 7) is 5.92. The lowest BCUT2D eigenvalue weighted by molar-refractivity contribution is 0.0496. The molecule has 0 saturated carbocycles. The topological polar surface area (TPSA) is 58.2 Å². The molecule has 0 aliphatic carbocycles. The molecule has 1 fully saturated rings. The summed E-state index contributed by atoms with van der Waals surface area (Å²) in [5.41, 5.74) is -0.0792. The quantitative estimate of drug-likeness (QED) is 0.876. The molecule has 18 heavy (non-hydrogen) atoms. The standard InChI is InChI=1S/C13H21N3O2/c1-4-11-14-12(7-13(17)15-11)16-6-5-9(2)10(8-16)18-3/h7,9-10H,4-6,8H2,1-3H3,(H,14,15,17). The molecule has 0 bridgehead atoms. The van der Waals surface area contributed by atoms with Gasteiger partial charge in [-0.15, -0.1) is 0 Å². The van der Waals surface area contributed by atoms with Crippen molar-refractivity contribution in [3.05, 3.63) is 22.2 Å². The highest BCUT2D eigenvalue weighted by molar-refractivity contribution is 5.38. The number of rotatable bonds is 3. The van der Waals surface area contributed by atoms with Crippen LogP contribution in [0.4, 0.5) is 5.82 Å². The smallest absolute Gasteiger partial charge is 0.252 e. The number of hydrogen-bond donors (Lipinski definition) is 1. The second kappa shape index (κ2) is 5.52. The van der Waals surface area contributed by atoms with Crippen LogP contribution in [-0.4, -0.2) is 36.3 Å². The van der Waals surface area contributed by atoms with Gasteiger partial charge >= 0.3 is 0 Å². The normalized spacial score (nSPS) is 24.3. The maximum atomic E-state index is 11.6. The second-order valence-corrected chi connectivity index (χ2v) is 4.89. The van der Waals surface area contributed by atoms with E-state index in [1.165, 1.54) is 0 Å². The van der Waals surface area contributed by atoms with Gasteiger partial charge in [0.25, 0.3) is 5.56 Å². The van der Waals surface area contributed by atoms with Gasteiger partial charge in [-0.05, 0) is 12.3 Å². The zero-order valence-corrected chi connectivity index (χ0v) is 11.3. The number of aromatic nitrogens is 2. The monoisotopic (exact) mass is 251 g/mol. The van der Waals surface area contributed by atoms with E-state index in [0.29, 0.717) is 5.92 Å². The first-order chi connectivity index (χ1) is 8.63. The van der Waals surface area contributed by atoms with Gasteiger partial charge < -0.3 is 14.6 Å². The summed E-state index contributed by atoms with van der Waals surface area (Å²) in [5, 5.41) is 0. The van der Waals surface area contributed by atoms with E-state index in [-0.39, 0.29) is 11.7 Å². The number of anilines is 1. The molecule has 0 spiro atoms. The van der Waals surface area contributed by atoms with Crippen LogP contribution in [0.3, 0.4) is 0 Å². The highest BCUT2D eigenvalue weighted by Crippen LogP contribution is 2.22. The van der Waals surface area contributed by atoms with E-state index in [9.17, 15) is 4.79 Å². The lowest BCUT2D eigenvalue weighted by atomic mass is 9.96. The minimum absolute atomic E-state index is 0.0792. The maximum Gasteiger partial charge on any atom is 0.252 e. The first kappa shape index (κ1) is 13.1. The number of methoxy groups -OCH3 is 1. The number of nitrogens with zero attached hydrogens (tertiary/aromatic N) is 2. The minimum atomic E-state index is -0.0792. The Hall–Kier alpha value is -1.36. The van der Waals surface area contributed by atoms with Crippen LogP contribution in [-0.2, 0) is 11.2 Å². The van der Waals surface area contributed by atoms with Crippen LogP contribution in [0.1, 0.15) is 26.1 Å². The van der Waals surface area contributed by atoms with E-state index in [1.54, 1.807) is 13.2 Å². The molecule has 2 rings (SSSR count). The Morgan fingerprint density at radius 1 is 1.61 bits per heavy atom. The predicted molar refractivity (Wildman–Crippen MR) is 71.0 cm³/mol. The van der Waals surface area contributed by atoms with Crippen molar-refractivity contribution in [2.45, 2.75) is 32.8 Å². The summed E-state index contributed by atoms with van der Waals surface area (Å²) >= 11 is 0. The molecule has 2 heterocycles. The molecule has 1 aliphatic heterocycles. The van der Waals surface area contributed by atoms with Gasteiger partial charge in [0.15, 0.2) is 0 Å². The van der Waals surface area contributed by atoms with Crippen LogP contribution >= 0.6 is 0 Å². The third-order valence-electron chi connectivity index (χ3n) is 3.63. The molecule has 100 valence electrons. The molecule has 1 aromatic rings. The molecule has 2 atom stereocenters. The first-order valence-electron chi connectivity index (χ1n) is 6.52. The van der Waals surface area contributed by atoms with Crippen molar-refractivity contribution in [2.75, 3.05) is 25.1 Å². The van der Waals surface area contributed by atoms with Crippen molar-refractivity contribution in [1.29, 1.82) is 0 Å². The highest BCUT2D eigenvalue weighted by atomic mass is 16.5. The number of nitrogens with one attached hydrogen (secondary N) is 1. The Morgan fingerprint density at radius 3 is 3.06 bits per heavy atom. The van der Waals surface area contributed by atoms with Crippen LogP contribution in [0.2, 0.25) is 0 Å². The van der Waals surface area contributed by atoms with E-state index >= 15 is 0 Å². The summed E-state index contributed by atoms with van der Waals surface area (Å²) in [7, 11) is 1.74. The van der Waals surface area contributed by atoms with E-state index in [4.69, 9.17) is 4.74 Å². The predicted octanol–water partition coefficient (Wildman–Crippen LogP) is 1.19. The number of H-pyrrole nitrogens is 1. The molecular formula is C13H21N3O2. The number of aromatic amines is 1. The van der Waals surface area contributed by atoms with Gasteiger partial charge in [-0.3, -0.25) is 4.79 Å². The summed E-state index contributed by atoms with van der Waals surface area (Å²) in [4.78, 5) is 20.9. The molecule has 1 aliphatic rings. The first-order valence-corrected chi connectivity index (χ1v) is 6.52. The maximum absolute atomic E-state index is 11.6. The van der Waals surface area contributed by atoms with Crippen molar-refractivity contribution < 1.29 is 4.74 Å². The highest BCUT2D eigenvalue weighted by Gasteiger charge is 2.26. The fraction of sp³-hybridized carbons (Fsp3) is 0.692. The lowest BCUT2D eigenvalue weighted by Gasteiger charge is -2.36. The Bertz CT molecular complexity index is 458. The minimum Gasteiger partial charge on any atom is -0.379 e. The largest absolute Gasteiger partial charge is 0.379 e. The Labute approximate surface area is 107 Å². The van der Waals surface area contributed by atoms with Crippen LogP contribution in [0.5, 0.6) is 0 Å². The molecule has 0 radical (unpaired) electrons. The van der Waals surface area contributed by atoms with E-state index in [2.05, 4.69) is 21.8 Å². The molecule has 0 aromatic carbocycles. The van der Waals surface area contributed by atoms with Gasteiger partial charge in [-0.25, -0.2) is 4.98 Å². The number of piperidine rings is 1. The molecule has 2 unspecified atom stereocenters. The molecule has 1 N–H and O–H groups in total. The summed E-state index contributed by atoms with van der Waals surface area (Å²) in [5.74, 6) is 2.06. The summed E-state index contributed by atoms with van der Waals surface area (Å²) < 4.78 is 5.49. The van der Waals surface area contributed by atoms with Crippen molar-refractivity contribution in [3.8, 4) is 0 Å². The fourth-order valence-electron chi connectivity index (χ4n) is 2.37. The van der Waals surface area contributed by atoms with Gasteiger partial charge in [0.2, 0.25) is 0 Å². The third kappa shape index (κ3) is 2.72. The van der Waals surface area contributed by atoms with Crippen molar-refractivity contribution in [1.82, 2.24) is 9.97 Å². The van der Waals surface area contributed by atoms with E-state index in [0.717, 1.165) is 37.6 Å². The van der Waals surface area contributed by atoms with Gasteiger partial charge in [-0.2, -0.15) is 0 Å². The van der Waals surface area contributed by atoms with E-state index in [1.807, 2.05) is 6.92 Å². The second-order valence-electron chi connectivity index (χ2n) is 4.89. The molecule has 0 amide bonds. The molecule has 1 saturated heterocycles. The van der Waals surface area contributed by atoms with Gasteiger partial charge in [0, 0.05) is 32.7 Å². The van der Waals surface area contributed by atoms with Crippen molar-refractivity contribution in [3.63, 3.8) is 0 Å². The van der Waals surface area contributed by atoms with Gasteiger partial charge in [0.05, 0.1) is 6.10 Å². The Kier molecular flexibility index (Phi) is 4.01. The van der Waals surface area contributed by atoms with Gasteiger partial charge in [0.1, 0.15) is 11.6 Å². The molecule has 1 aromatic heterocycles. The summed E-state index contributed by atoms with van der Waals surface area (Å²) in [6, 6.07) is 1.57. The van der Waals surface area contributed by atoms with Crippen molar-refractivity contribution in [2.24, 2.45) is 5.92 Å². The fourth-order valence-corrected chi connectivity index (χ4v) is 2.37. The molecular weight excluding hydrogens is 230 g/mol. The van der Waals surface area contributed by atoms with E-state index < -0.39 is 0 Å².